The Bertz CT molecular complexity index is 1100. The lowest BCUT2D eigenvalue weighted by Crippen LogP contribution is -2.60. The summed E-state index contributed by atoms with van der Waals surface area (Å²) < 4.78 is 0. The van der Waals surface area contributed by atoms with Crippen molar-refractivity contribution >= 4 is 35.4 Å². The van der Waals surface area contributed by atoms with Gasteiger partial charge in [0.15, 0.2) is 0 Å². The van der Waals surface area contributed by atoms with Gasteiger partial charge in [-0.15, -0.1) is 0 Å². The van der Waals surface area contributed by atoms with E-state index < -0.39 is 72.1 Å². The highest BCUT2D eigenvalue weighted by molar-refractivity contribution is 5.96. The highest BCUT2D eigenvalue weighted by Gasteiger charge is 2.43. The molecule has 0 aliphatic carbocycles. The zero-order chi connectivity index (χ0) is 36.9. The normalized spacial score (nSPS) is 18.6. The summed E-state index contributed by atoms with van der Waals surface area (Å²) in [6, 6.07) is -4.64. The molecular weight excluding hydrogens is 628 g/mol. The van der Waals surface area contributed by atoms with Crippen molar-refractivity contribution in [3.05, 3.63) is 12.2 Å². The summed E-state index contributed by atoms with van der Waals surface area (Å²) >= 11 is 0. The summed E-state index contributed by atoms with van der Waals surface area (Å²) in [6.07, 6.45) is 16.9. The number of nitrogens with zero attached hydrogens (tertiary/aromatic N) is 1. The van der Waals surface area contributed by atoms with Crippen LogP contribution in [0.1, 0.15) is 131 Å². The third kappa shape index (κ3) is 17.1. The molecule has 1 fully saturated rings. The first-order valence-corrected chi connectivity index (χ1v) is 18.3. The van der Waals surface area contributed by atoms with E-state index in [4.69, 9.17) is 11.5 Å². The van der Waals surface area contributed by atoms with Gasteiger partial charge in [-0.25, -0.2) is 0 Å². The molecule has 0 spiro atoms. The summed E-state index contributed by atoms with van der Waals surface area (Å²) in [5.74, 6) is -4.51. The van der Waals surface area contributed by atoms with E-state index in [0.29, 0.717) is 12.8 Å². The summed E-state index contributed by atoms with van der Waals surface area (Å²) in [4.78, 5) is 77.4. The van der Waals surface area contributed by atoms with Crippen LogP contribution in [0, 0.1) is 11.8 Å². The Morgan fingerprint density at radius 3 is 1.92 bits per heavy atom. The minimum atomic E-state index is -1.34. The van der Waals surface area contributed by atoms with Crippen molar-refractivity contribution in [2.24, 2.45) is 23.3 Å². The van der Waals surface area contributed by atoms with Gasteiger partial charge in [-0.2, -0.15) is 0 Å². The van der Waals surface area contributed by atoms with Crippen molar-refractivity contribution < 1.29 is 33.9 Å². The van der Waals surface area contributed by atoms with E-state index >= 15 is 0 Å². The molecule has 1 heterocycles. The molecule has 8 N–H and O–H groups in total. The van der Waals surface area contributed by atoms with E-state index in [1.807, 2.05) is 6.92 Å². The molecule has 0 saturated carbocycles. The minimum Gasteiger partial charge on any atom is -0.391 e. The zero-order valence-electron chi connectivity index (χ0n) is 30.5. The number of amides is 6. The van der Waals surface area contributed by atoms with E-state index in [0.717, 1.165) is 38.5 Å². The Hall–Kier alpha value is -3.48. The lowest BCUT2D eigenvalue weighted by molar-refractivity contribution is -0.144. The van der Waals surface area contributed by atoms with Crippen LogP contribution in [0.4, 0.5) is 0 Å². The Labute approximate surface area is 293 Å². The Morgan fingerprint density at radius 1 is 0.816 bits per heavy atom. The van der Waals surface area contributed by atoms with E-state index in [1.54, 1.807) is 13.8 Å². The van der Waals surface area contributed by atoms with Crippen LogP contribution in [0.5, 0.6) is 0 Å². The summed E-state index contributed by atoms with van der Waals surface area (Å²) in [5.41, 5.74) is 10.5. The van der Waals surface area contributed by atoms with Crippen LogP contribution in [-0.2, 0) is 28.8 Å². The maximum absolute atomic E-state index is 13.7. The minimum absolute atomic E-state index is 0.0581. The molecule has 1 aliphatic rings. The molecule has 13 heteroatoms. The molecule has 0 unspecified atom stereocenters. The fourth-order valence-corrected chi connectivity index (χ4v) is 6.00. The van der Waals surface area contributed by atoms with Crippen molar-refractivity contribution in [1.29, 1.82) is 0 Å². The molecule has 6 amide bonds. The van der Waals surface area contributed by atoms with Crippen molar-refractivity contribution in [1.82, 2.24) is 20.9 Å². The Balaban J connectivity index is 2.65. The van der Waals surface area contributed by atoms with Gasteiger partial charge in [-0.3, -0.25) is 28.8 Å². The molecule has 1 saturated heterocycles. The van der Waals surface area contributed by atoms with Gasteiger partial charge in [0, 0.05) is 13.0 Å². The zero-order valence-corrected chi connectivity index (χ0v) is 30.5. The molecule has 1 rings (SSSR count). The first-order valence-electron chi connectivity index (χ1n) is 18.3. The number of primary amides is 2. The topological polar surface area (TPSA) is 214 Å². The second-order valence-electron chi connectivity index (χ2n) is 14.0. The van der Waals surface area contributed by atoms with Crippen LogP contribution in [0.25, 0.3) is 0 Å². The predicted octanol–water partition coefficient (Wildman–Crippen LogP) is 2.72. The Kier molecular flexibility index (Phi) is 21.2. The van der Waals surface area contributed by atoms with Crippen LogP contribution in [-0.4, -0.2) is 82.3 Å². The van der Waals surface area contributed by atoms with Crippen molar-refractivity contribution in [2.45, 2.75) is 161 Å². The van der Waals surface area contributed by atoms with Crippen LogP contribution < -0.4 is 27.4 Å². The maximum atomic E-state index is 13.7. The number of aliphatic hydroxyl groups is 1. The second kappa shape index (κ2) is 23.8. The van der Waals surface area contributed by atoms with Gasteiger partial charge in [0.25, 0.3) is 0 Å². The molecule has 280 valence electrons. The second-order valence-corrected chi connectivity index (χ2v) is 14.0. The summed E-state index contributed by atoms with van der Waals surface area (Å²) in [7, 11) is 0. The van der Waals surface area contributed by atoms with Crippen molar-refractivity contribution in [3.63, 3.8) is 0 Å². The number of carbonyl (C=O) groups excluding carboxylic acids is 6. The molecular formula is C36H64N6O7. The van der Waals surface area contributed by atoms with Crippen LogP contribution in [0.3, 0.4) is 0 Å². The lowest BCUT2D eigenvalue weighted by Gasteiger charge is -2.31. The third-order valence-corrected chi connectivity index (χ3v) is 8.89. The van der Waals surface area contributed by atoms with Crippen molar-refractivity contribution in [2.75, 3.05) is 6.54 Å². The average molecular weight is 693 g/mol. The average Bonchev–Trinajstić information content (AvgIpc) is 3.42. The van der Waals surface area contributed by atoms with Crippen molar-refractivity contribution in [3.8, 4) is 0 Å². The molecule has 0 bridgehead atoms. The number of likely N-dealkylation sites (tertiary alicyclic amines) is 1. The first kappa shape index (κ1) is 43.5. The van der Waals surface area contributed by atoms with E-state index in [2.05, 4.69) is 35.0 Å². The lowest BCUT2D eigenvalue weighted by atomic mass is 10.0. The highest BCUT2D eigenvalue weighted by Crippen LogP contribution is 2.25. The molecule has 1 aliphatic heterocycles. The van der Waals surface area contributed by atoms with Gasteiger partial charge in [-0.05, 0) is 57.3 Å². The van der Waals surface area contributed by atoms with E-state index in [1.165, 1.54) is 43.9 Å². The fraction of sp³-hybridized carbons (Fsp3) is 0.778. The number of unbranched alkanes of at least 4 members (excludes halogenated alkanes) is 10. The number of hydrogen-bond acceptors (Lipinski definition) is 7. The monoisotopic (exact) mass is 692 g/mol. The van der Waals surface area contributed by atoms with Gasteiger partial charge < -0.3 is 37.4 Å². The molecule has 0 radical (unpaired) electrons. The van der Waals surface area contributed by atoms with Gasteiger partial charge in [0.1, 0.15) is 24.2 Å². The number of aliphatic hydroxyl groups excluding tert-OH is 1. The number of nitrogens with one attached hydrogen (secondary N) is 3. The van der Waals surface area contributed by atoms with Crippen LogP contribution in [0.15, 0.2) is 12.2 Å². The molecule has 0 aromatic rings. The number of rotatable bonds is 25. The standard InChI is InChI=1S/C36H64N6O7/c1-6-7-8-9-10-11-12-13-14-15-16-17-18-19-20-30(45)40-32(26(5)43)36(49)42-23-25(4)21-28(42)34(47)41-31(24(2)3)35(48)39-27(33(38)46)22-29(37)44/h12-13,24-28,31-32,43H,6-11,14-23H2,1-5H3,(H2,37,44)(H2,38,46)(H,39,48)(H,40,45)(H,41,47)/b13-12-/t25-,26-,27+,28+,31+,32+/m1/s1. The van der Waals surface area contributed by atoms with Gasteiger partial charge in [0.05, 0.1) is 12.5 Å². The Morgan fingerprint density at radius 2 is 1.39 bits per heavy atom. The summed E-state index contributed by atoms with van der Waals surface area (Å²) in [6.45, 7) is 9.12. The first-order chi connectivity index (χ1) is 23.2. The molecule has 0 aromatic heterocycles. The molecule has 49 heavy (non-hydrogen) atoms. The van der Waals surface area contributed by atoms with Crippen LogP contribution in [0.2, 0.25) is 0 Å². The van der Waals surface area contributed by atoms with E-state index in [-0.39, 0.29) is 24.8 Å². The van der Waals surface area contributed by atoms with Crippen LogP contribution >= 0.6 is 0 Å². The quantitative estimate of drug-likeness (QED) is 0.0621. The smallest absolute Gasteiger partial charge is 0.248 e. The van der Waals surface area contributed by atoms with Gasteiger partial charge in [0.2, 0.25) is 35.4 Å². The number of nitrogens with two attached hydrogens (primary N) is 2. The largest absolute Gasteiger partial charge is 0.391 e. The molecule has 13 nitrogen and oxygen atoms in total. The predicted molar refractivity (Wildman–Crippen MR) is 189 cm³/mol. The SMILES string of the molecule is CCCCCCC/C=C\CCCCCCCC(=O)N[C@H](C(=O)N1C[C@H](C)C[C@H]1C(=O)N[C@H](C(=O)N[C@@H](CC(N)=O)C(N)=O)C(C)C)[C@@H](C)O. The number of allylic oxidation sites excluding steroid dienone is 2. The molecule has 0 aromatic carbocycles. The fourth-order valence-electron chi connectivity index (χ4n) is 6.00. The maximum Gasteiger partial charge on any atom is 0.248 e. The van der Waals surface area contributed by atoms with Gasteiger partial charge >= 0.3 is 0 Å². The molecule has 6 atom stereocenters. The number of carbonyl (C=O) groups is 6. The highest BCUT2D eigenvalue weighted by atomic mass is 16.3. The summed E-state index contributed by atoms with van der Waals surface area (Å²) in [5, 5.41) is 18.2. The van der Waals surface area contributed by atoms with E-state index in [9.17, 15) is 33.9 Å². The van der Waals surface area contributed by atoms with Gasteiger partial charge in [-0.1, -0.05) is 84.8 Å². The third-order valence-electron chi connectivity index (χ3n) is 8.89. The number of hydrogen-bond donors (Lipinski definition) is 6.